The van der Waals surface area contributed by atoms with Crippen LogP contribution in [0.15, 0.2) is 74.2 Å². The van der Waals surface area contributed by atoms with Crippen molar-refractivity contribution < 1.29 is 4.42 Å². The summed E-state index contributed by atoms with van der Waals surface area (Å²) in [5.74, 6) is 0. The van der Waals surface area contributed by atoms with Gasteiger partial charge in [0.05, 0.1) is 12.2 Å². The van der Waals surface area contributed by atoms with Crippen LogP contribution < -0.4 is 5.63 Å². The number of aromatic nitrogens is 1. The van der Waals surface area contributed by atoms with Gasteiger partial charge in [0.25, 0.3) is 0 Å². The molecule has 2 aromatic heterocycles. The van der Waals surface area contributed by atoms with E-state index >= 15 is 0 Å². The van der Waals surface area contributed by atoms with Gasteiger partial charge in [-0.2, -0.15) is 0 Å². The minimum absolute atomic E-state index is 0.415. The summed E-state index contributed by atoms with van der Waals surface area (Å²) >= 11 is 7.61. The molecule has 0 unspecified atom stereocenters. The van der Waals surface area contributed by atoms with E-state index < -0.39 is 5.63 Å². The van der Waals surface area contributed by atoms with Crippen LogP contribution >= 0.6 is 22.9 Å². The average molecular weight is 381 g/mol. The minimum Gasteiger partial charge on any atom is -0.423 e. The maximum Gasteiger partial charge on any atom is 0.336 e. The van der Waals surface area contributed by atoms with Crippen molar-refractivity contribution >= 4 is 40.1 Å². The molecule has 0 atom stereocenters. The van der Waals surface area contributed by atoms with Crippen molar-refractivity contribution in [1.82, 2.24) is 4.98 Å². The first-order valence-corrected chi connectivity index (χ1v) is 9.18. The molecule has 4 rings (SSSR count). The second-order valence-electron chi connectivity index (χ2n) is 5.62. The minimum atomic E-state index is -0.415. The van der Waals surface area contributed by atoms with Crippen molar-refractivity contribution in [1.29, 1.82) is 0 Å². The zero-order valence-electron chi connectivity index (χ0n) is 13.6. The molecule has 128 valence electrons. The Labute approximate surface area is 158 Å². The Kier molecular flexibility index (Phi) is 4.65. The largest absolute Gasteiger partial charge is 0.423 e. The third-order valence-electron chi connectivity index (χ3n) is 3.81. The van der Waals surface area contributed by atoms with Gasteiger partial charge in [-0.1, -0.05) is 41.9 Å². The van der Waals surface area contributed by atoms with Gasteiger partial charge < -0.3 is 4.42 Å². The second-order valence-corrected chi connectivity index (χ2v) is 7.00. The number of benzene rings is 2. The molecule has 0 bridgehead atoms. The molecule has 0 N–H and O–H groups in total. The molecule has 4 aromatic rings. The molecule has 26 heavy (non-hydrogen) atoms. The summed E-state index contributed by atoms with van der Waals surface area (Å²) in [5.41, 5.74) is 2.78. The highest BCUT2D eigenvalue weighted by Crippen LogP contribution is 2.23. The number of nitrogens with zero attached hydrogens (tertiary/aromatic N) is 2. The number of hydrogen-bond acceptors (Lipinski definition) is 5. The Balaban J connectivity index is 1.58. The van der Waals surface area contributed by atoms with Crippen molar-refractivity contribution in [2.75, 3.05) is 0 Å². The first-order chi connectivity index (χ1) is 12.7. The fourth-order valence-electron chi connectivity index (χ4n) is 2.61. The summed E-state index contributed by atoms with van der Waals surface area (Å²) in [6, 6.07) is 16.6. The first-order valence-electron chi connectivity index (χ1n) is 7.92. The molecule has 4 nitrogen and oxygen atoms in total. The normalized spacial score (nSPS) is 11.4. The lowest BCUT2D eigenvalue weighted by Gasteiger charge is -2.01. The molecule has 0 amide bonds. The number of rotatable bonds is 4. The van der Waals surface area contributed by atoms with Gasteiger partial charge in [0.1, 0.15) is 10.6 Å². The monoisotopic (exact) mass is 380 g/mol. The highest BCUT2D eigenvalue weighted by molar-refractivity contribution is 7.09. The van der Waals surface area contributed by atoms with E-state index in [0.717, 1.165) is 21.7 Å². The molecule has 0 saturated heterocycles. The molecule has 0 aliphatic carbocycles. The Morgan fingerprint density at radius 3 is 2.85 bits per heavy atom. The fraction of sp³-hybridized carbons (Fsp3) is 0.0500. The summed E-state index contributed by atoms with van der Waals surface area (Å²) < 4.78 is 5.19. The van der Waals surface area contributed by atoms with Crippen molar-refractivity contribution in [3.05, 3.63) is 86.0 Å². The van der Waals surface area contributed by atoms with E-state index in [2.05, 4.69) is 9.98 Å². The fourth-order valence-corrected chi connectivity index (χ4v) is 3.52. The van der Waals surface area contributed by atoms with Gasteiger partial charge in [0.15, 0.2) is 0 Å². The van der Waals surface area contributed by atoms with Crippen molar-refractivity contribution in [2.45, 2.75) is 6.54 Å². The maximum atomic E-state index is 11.7. The molecule has 0 radical (unpaired) electrons. The van der Waals surface area contributed by atoms with E-state index in [1.807, 2.05) is 35.7 Å². The summed E-state index contributed by atoms with van der Waals surface area (Å²) in [6.07, 6.45) is 1.67. The molecule has 2 aromatic carbocycles. The van der Waals surface area contributed by atoms with Crippen LogP contribution in [0.25, 0.3) is 22.2 Å². The summed E-state index contributed by atoms with van der Waals surface area (Å²) in [4.78, 5) is 20.8. The van der Waals surface area contributed by atoms with Crippen LogP contribution in [0.3, 0.4) is 0 Å². The number of halogens is 1. The summed E-state index contributed by atoms with van der Waals surface area (Å²) in [5, 5.41) is 4.26. The second kappa shape index (κ2) is 7.23. The van der Waals surface area contributed by atoms with Crippen molar-refractivity contribution in [3.63, 3.8) is 0 Å². The highest BCUT2D eigenvalue weighted by Gasteiger charge is 2.06. The Morgan fingerprint density at radius 1 is 1.15 bits per heavy atom. The van der Waals surface area contributed by atoms with E-state index in [-0.39, 0.29) is 0 Å². The number of fused-ring (bicyclic) bond motifs is 1. The summed E-state index contributed by atoms with van der Waals surface area (Å²) in [7, 11) is 0. The third-order valence-corrected chi connectivity index (χ3v) is 4.88. The standard InChI is InChI=1S/C20H13ClN2O2S/c21-15-6-7-18-16(9-15)14(8-20(24)25-18)10-22-11-19-23-17(12-26-19)13-4-2-1-3-5-13/h1-10,12H,11H2. The average Bonchev–Trinajstić information content (AvgIpc) is 3.12. The molecule has 2 heterocycles. The van der Waals surface area contributed by atoms with Crippen molar-refractivity contribution in [2.24, 2.45) is 4.99 Å². The Hall–Kier alpha value is -2.76. The number of aliphatic imine (C=N–C) groups is 1. The zero-order valence-corrected chi connectivity index (χ0v) is 15.1. The molecular weight excluding hydrogens is 368 g/mol. The third kappa shape index (κ3) is 3.59. The highest BCUT2D eigenvalue weighted by atomic mass is 35.5. The van der Waals surface area contributed by atoms with Crippen LogP contribution in [0.5, 0.6) is 0 Å². The zero-order chi connectivity index (χ0) is 17.9. The van der Waals surface area contributed by atoms with E-state index in [1.54, 1.807) is 35.8 Å². The van der Waals surface area contributed by atoms with Gasteiger partial charge in [-0.15, -0.1) is 11.3 Å². The van der Waals surface area contributed by atoms with Gasteiger partial charge in [-0.25, -0.2) is 9.78 Å². The van der Waals surface area contributed by atoms with Crippen LogP contribution in [0.1, 0.15) is 10.6 Å². The van der Waals surface area contributed by atoms with E-state index in [4.69, 9.17) is 16.0 Å². The van der Waals surface area contributed by atoms with Gasteiger partial charge in [-0.3, -0.25) is 4.99 Å². The molecule has 0 aliphatic rings. The maximum absolute atomic E-state index is 11.7. The molecule has 0 aliphatic heterocycles. The first kappa shape index (κ1) is 16.7. The molecule has 6 heteroatoms. The van der Waals surface area contributed by atoms with E-state index in [9.17, 15) is 4.79 Å². The topological polar surface area (TPSA) is 55.5 Å². The SMILES string of the molecule is O=c1cc(C=NCc2nc(-c3ccccc3)cs2)c2cc(Cl)ccc2o1. The van der Waals surface area contributed by atoms with Crippen LogP contribution in [-0.4, -0.2) is 11.2 Å². The van der Waals surface area contributed by atoms with Crippen LogP contribution in [-0.2, 0) is 6.54 Å². The van der Waals surface area contributed by atoms with Gasteiger partial charge in [0.2, 0.25) is 0 Å². The Morgan fingerprint density at radius 2 is 2.00 bits per heavy atom. The lowest BCUT2D eigenvalue weighted by molar-refractivity contribution is 0.561. The number of hydrogen-bond donors (Lipinski definition) is 0. The lowest BCUT2D eigenvalue weighted by Crippen LogP contribution is -2.00. The van der Waals surface area contributed by atoms with Crippen LogP contribution in [0.4, 0.5) is 0 Å². The molecule has 0 saturated carbocycles. The number of thiazole rings is 1. The van der Waals surface area contributed by atoms with E-state index in [0.29, 0.717) is 22.7 Å². The predicted molar refractivity (Wildman–Crippen MR) is 106 cm³/mol. The van der Waals surface area contributed by atoms with Crippen LogP contribution in [0, 0.1) is 0 Å². The Bertz CT molecular complexity index is 1150. The predicted octanol–water partition coefficient (Wildman–Crippen LogP) is 5.19. The lowest BCUT2D eigenvalue weighted by atomic mass is 10.1. The molecular formula is C20H13ClN2O2S. The molecule has 0 spiro atoms. The van der Waals surface area contributed by atoms with Gasteiger partial charge >= 0.3 is 5.63 Å². The van der Waals surface area contributed by atoms with Gasteiger partial charge in [-0.05, 0) is 18.2 Å². The van der Waals surface area contributed by atoms with E-state index in [1.165, 1.54) is 6.07 Å². The quantitative estimate of drug-likeness (QED) is 0.361. The summed E-state index contributed by atoms with van der Waals surface area (Å²) in [6.45, 7) is 0.444. The smallest absolute Gasteiger partial charge is 0.336 e. The molecule has 0 fully saturated rings. The van der Waals surface area contributed by atoms with Gasteiger partial charge in [0, 0.05) is 39.2 Å². The van der Waals surface area contributed by atoms with Crippen LogP contribution in [0.2, 0.25) is 5.02 Å². The van der Waals surface area contributed by atoms with Crippen molar-refractivity contribution in [3.8, 4) is 11.3 Å².